The minimum absolute atomic E-state index is 0.137. The van der Waals surface area contributed by atoms with Crippen LogP contribution in [0, 0.1) is 0 Å². The molecule has 0 atom stereocenters. The van der Waals surface area contributed by atoms with Gasteiger partial charge in [0.1, 0.15) is 0 Å². The van der Waals surface area contributed by atoms with E-state index >= 15 is 0 Å². The van der Waals surface area contributed by atoms with Crippen molar-refractivity contribution >= 4 is 5.91 Å². The second-order valence-electron chi connectivity index (χ2n) is 4.27. The summed E-state index contributed by atoms with van der Waals surface area (Å²) in [7, 11) is 3.63. The van der Waals surface area contributed by atoms with E-state index in [-0.39, 0.29) is 5.91 Å². The van der Waals surface area contributed by atoms with Gasteiger partial charge in [0.2, 0.25) is 5.91 Å². The summed E-state index contributed by atoms with van der Waals surface area (Å²) < 4.78 is 0. The quantitative estimate of drug-likeness (QED) is 0.808. The van der Waals surface area contributed by atoms with Crippen LogP contribution in [0.15, 0.2) is 24.3 Å². The van der Waals surface area contributed by atoms with Crippen LogP contribution in [0.1, 0.15) is 18.1 Å². The summed E-state index contributed by atoms with van der Waals surface area (Å²) in [5.74, 6) is 0.137. The number of aryl methyl sites for hydroxylation is 1. The van der Waals surface area contributed by atoms with E-state index in [1.54, 1.807) is 11.9 Å². The van der Waals surface area contributed by atoms with E-state index in [0.717, 1.165) is 19.4 Å². The first-order chi connectivity index (χ1) is 8.17. The predicted molar refractivity (Wildman–Crippen MR) is 71.1 cm³/mol. The van der Waals surface area contributed by atoms with E-state index in [4.69, 9.17) is 0 Å². The largest absolute Gasteiger partial charge is 0.344 e. The molecule has 3 heteroatoms. The fourth-order valence-corrected chi connectivity index (χ4v) is 1.65. The molecule has 0 fully saturated rings. The van der Waals surface area contributed by atoms with E-state index in [9.17, 15) is 4.79 Å². The molecular formula is C14H22N2O. The Hall–Kier alpha value is -1.35. The summed E-state index contributed by atoms with van der Waals surface area (Å²) in [6.07, 6.45) is 1.98. The Morgan fingerprint density at radius 2 is 1.82 bits per heavy atom. The number of carbonyl (C=O) groups is 1. The molecule has 0 aliphatic heterocycles. The Balaban J connectivity index is 2.41. The van der Waals surface area contributed by atoms with E-state index in [2.05, 4.69) is 36.5 Å². The number of hydrogen-bond acceptors (Lipinski definition) is 2. The molecule has 0 aliphatic carbocycles. The maximum atomic E-state index is 11.5. The lowest BCUT2D eigenvalue weighted by Crippen LogP contribution is -2.35. The van der Waals surface area contributed by atoms with Crippen molar-refractivity contribution in [3.05, 3.63) is 35.4 Å². The first kappa shape index (κ1) is 13.7. The molecule has 0 unspecified atom stereocenters. The van der Waals surface area contributed by atoms with Gasteiger partial charge in [-0.15, -0.1) is 0 Å². The highest BCUT2D eigenvalue weighted by atomic mass is 16.2. The Morgan fingerprint density at radius 3 is 2.35 bits per heavy atom. The minimum Gasteiger partial charge on any atom is -0.344 e. The average Bonchev–Trinajstić information content (AvgIpc) is 2.36. The highest BCUT2D eigenvalue weighted by Crippen LogP contribution is 2.06. The molecule has 0 radical (unpaired) electrons. The van der Waals surface area contributed by atoms with Gasteiger partial charge in [0.05, 0.1) is 6.54 Å². The highest BCUT2D eigenvalue weighted by Gasteiger charge is 2.06. The zero-order chi connectivity index (χ0) is 12.7. The van der Waals surface area contributed by atoms with Crippen LogP contribution in [-0.4, -0.2) is 38.0 Å². The zero-order valence-electron chi connectivity index (χ0n) is 11.0. The number of carbonyl (C=O) groups excluding carboxylic acids is 1. The molecule has 0 heterocycles. The van der Waals surface area contributed by atoms with Gasteiger partial charge in [-0.2, -0.15) is 0 Å². The number of rotatable bonds is 6. The molecule has 1 N–H and O–H groups in total. The van der Waals surface area contributed by atoms with E-state index in [1.165, 1.54) is 11.1 Å². The van der Waals surface area contributed by atoms with Gasteiger partial charge in [0.25, 0.3) is 0 Å². The number of amides is 1. The monoisotopic (exact) mass is 234 g/mol. The van der Waals surface area contributed by atoms with Crippen LogP contribution in [0.3, 0.4) is 0 Å². The third-order valence-electron chi connectivity index (χ3n) is 2.92. The minimum atomic E-state index is 0.137. The fraction of sp³-hybridized carbons (Fsp3) is 0.500. The number of benzene rings is 1. The second-order valence-corrected chi connectivity index (χ2v) is 4.27. The lowest BCUT2D eigenvalue weighted by molar-refractivity contribution is -0.128. The van der Waals surface area contributed by atoms with Crippen LogP contribution in [0.25, 0.3) is 0 Å². The van der Waals surface area contributed by atoms with E-state index in [0.29, 0.717) is 6.54 Å². The first-order valence-electron chi connectivity index (χ1n) is 6.13. The van der Waals surface area contributed by atoms with Crippen LogP contribution in [0.2, 0.25) is 0 Å². The van der Waals surface area contributed by atoms with E-state index in [1.807, 2.05) is 7.05 Å². The third-order valence-corrected chi connectivity index (χ3v) is 2.92. The molecule has 0 aliphatic rings. The van der Waals surface area contributed by atoms with Crippen molar-refractivity contribution in [3.63, 3.8) is 0 Å². The normalized spacial score (nSPS) is 10.3. The Bertz CT molecular complexity index is 346. The molecule has 0 bridgehead atoms. The predicted octanol–water partition coefficient (Wildman–Crippen LogP) is 1.47. The van der Waals surface area contributed by atoms with Crippen molar-refractivity contribution in [1.29, 1.82) is 0 Å². The van der Waals surface area contributed by atoms with Crippen molar-refractivity contribution < 1.29 is 4.79 Å². The average molecular weight is 234 g/mol. The van der Waals surface area contributed by atoms with Crippen LogP contribution in [0.4, 0.5) is 0 Å². The smallest absolute Gasteiger partial charge is 0.236 e. The summed E-state index contributed by atoms with van der Waals surface area (Å²) in [4.78, 5) is 13.3. The molecule has 0 spiro atoms. The molecule has 0 saturated carbocycles. The van der Waals surface area contributed by atoms with Crippen molar-refractivity contribution in [2.75, 3.05) is 27.2 Å². The summed E-state index contributed by atoms with van der Waals surface area (Å²) in [5, 5.41) is 2.87. The van der Waals surface area contributed by atoms with Gasteiger partial charge in [0.15, 0.2) is 0 Å². The van der Waals surface area contributed by atoms with Gasteiger partial charge in [-0.25, -0.2) is 0 Å². The standard InChI is InChI=1S/C14H22N2O/c1-4-12-5-7-13(8-6-12)9-10-16(3)14(17)11-15-2/h5-8,15H,4,9-11H2,1-3H3. The molecule has 3 nitrogen and oxygen atoms in total. The topological polar surface area (TPSA) is 32.3 Å². The molecule has 1 amide bonds. The fourth-order valence-electron chi connectivity index (χ4n) is 1.65. The molecule has 1 aromatic rings. The molecular weight excluding hydrogens is 212 g/mol. The highest BCUT2D eigenvalue weighted by molar-refractivity contribution is 5.77. The van der Waals surface area contributed by atoms with Gasteiger partial charge in [-0.1, -0.05) is 31.2 Å². The number of hydrogen-bond donors (Lipinski definition) is 1. The van der Waals surface area contributed by atoms with Gasteiger partial charge < -0.3 is 10.2 Å². The Morgan fingerprint density at radius 1 is 1.24 bits per heavy atom. The Kier molecular flexibility index (Phi) is 5.70. The number of nitrogens with zero attached hydrogens (tertiary/aromatic N) is 1. The molecule has 0 aromatic heterocycles. The molecule has 1 aromatic carbocycles. The van der Waals surface area contributed by atoms with Gasteiger partial charge in [-0.3, -0.25) is 4.79 Å². The van der Waals surface area contributed by atoms with Crippen LogP contribution in [0.5, 0.6) is 0 Å². The van der Waals surface area contributed by atoms with Crippen molar-refractivity contribution in [3.8, 4) is 0 Å². The van der Waals surface area contributed by atoms with Crippen LogP contribution >= 0.6 is 0 Å². The first-order valence-corrected chi connectivity index (χ1v) is 6.13. The van der Waals surface area contributed by atoms with Gasteiger partial charge in [-0.05, 0) is 31.0 Å². The van der Waals surface area contributed by atoms with Gasteiger partial charge >= 0.3 is 0 Å². The van der Waals surface area contributed by atoms with Crippen LogP contribution in [-0.2, 0) is 17.6 Å². The van der Waals surface area contributed by atoms with Crippen molar-refractivity contribution in [2.45, 2.75) is 19.8 Å². The third kappa shape index (κ3) is 4.57. The lowest BCUT2D eigenvalue weighted by Gasteiger charge is -2.16. The maximum Gasteiger partial charge on any atom is 0.236 e. The van der Waals surface area contributed by atoms with E-state index < -0.39 is 0 Å². The zero-order valence-corrected chi connectivity index (χ0v) is 11.0. The number of likely N-dealkylation sites (N-methyl/N-ethyl adjacent to an activating group) is 2. The SMILES string of the molecule is CCc1ccc(CCN(C)C(=O)CNC)cc1. The summed E-state index contributed by atoms with van der Waals surface area (Å²) in [6.45, 7) is 3.33. The molecule has 17 heavy (non-hydrogen) atoms. The Labute approximate surface area is 104 Å². The molecule has 0 saturated heterocycles. The number of nitrogens with one attached hydrogen (secondary N) is 1. The summed E-state index contributed by atoms with van der Waals surface area (Å²) in [6, 6.07) is 8.61. The maximum absolute atomic E-state index is 11.5. The van der Waals surface area contributed by atoms with Crippen molar-refractivity contribution in [1.82, 2.24) is 10.2 Å². The van der Waals surface area contributed by atoms with Gasteiger partial charge in [0, 0.05) is 13.6 Å². The molecule has 1 rings (SSSR count). The summed E-state index contributed by atoms with van der Waals surface area (Å²) in [5.41, 5.74) is 2.64. The van der Waals surface area contributed by atoms with Crippen LogP contribution < -0.4 is 5.32 Å². The van der Waals surface area contributed by atoms with Crippen molar-refractivity contribution in [2.24, 2.45) is 0 Å². The lowest BCUT2D eigenvalue weighted by atomic mass is 10.1. The second kappa shape index (κ2) is 7.07. The summed E-state index contributed by atoms with van der Waals surface area (Å²) >= 11 is 0. The molecule has 94 valence electrons.